The van der Waals surface area contributed by atoms with E-state index in [2.05, 4.69) is 5.32 Å². The van der Waals surface area contributed by atoms with Crippen molar-refractivity contribution in [2.45, 2.75) is 51.9 Å². The number of anilines is 1. The standard InChI is InChI=1S/C20H23BCl3NO2/c1-12(15-8-7-14(22)11-17(15)24)25-18-10-13(6-9-16(18)23)21-26-19(2,3)20(4,5)27-21/h6-12,25H,1-5H3/t12-/m1/s1. The summed E-state index contributed by atoms with van der Waals surface area (Å²) in [7, 11) is -0.442. The summed E-state index contributed by atoms with van der Waals surface area (Å²) >= 11 is 18.7. The molecule has 0 aromatic heterocycles. The lowest BCUT2D eigenvalue weighted by Crippen LogP contribution is -2.41. The Hall–Kier alpha value is -0.905. The van der Waals surface area contributed by atoms with Gasteiger partial charge in [-0.25, -0.2) is 0 Å². The van der Waals surface area contributed by atoms with Crippen molar-refractivity contribution in [2.75, 3.05) is 5.32 Å². The van der Waals surface area contributed by atoms with E-state index in [1.54, 1.807) is 6.07 Å². The number of halogens is 3. The highest BCUT2D eigenvalue weighted by atomic mass is 35.5. The van der Waals surface area contributed by atoms with Crippen molar-refractivity contribution < 1.29 is 9.31 Å². The fourth-order valence-corrected chi connectivity index (χ4v) is 3.69. The molecule has 27 heavy (non-hydrogen) atoms. The SMILES string of the molecule is C[C@@H](Nc1cc(B2OC(C)(C)C(C)(C)O2)ccc1Cl)c1ccc(Cl)cc1Cl. The van der Waals surface area contributed by atoms with E-state index in [9.17, 15) is 0 Å². The summed E-state index contributed by atoms with van der Waals surface area (Å²) in [5.41, 5.74) is 1.86. The second kappa shape index (κ2) is 7.49. The monoisotopic (exact) mass is 425 g/mol. The number of nitrogens with one attached hydrogen (secondary N) is 1. The van der Waals surface area contributed by atoms with Gasteiger partial charge in [0.1, 0.15) is 0 Å². The Morgan fingerprint density at radius 3 is 2.11 bits per heavy atom. The van der Waals surface area contributed by atoms with Gasteiger partial charge in [0.05, 0.1) is 28.0 Å². The van der Waals surface area contributed by atoms with Gasteiger partial charge in [-0.1, -0.05) is 46.9 Å². The molecule has 0 saturated carbocycles. The Labute approximate surface area is 176 Å². The number of rotatable bonds is 4. The van der Waals surface area contributed by atoms with E-state index in [-0.39, 0.29) is 6.04 Å². The van der Waals surface area contributed by atoms with Crippen LogP contribution in [0.3, 0.4) is 0 Å². The van der Waals surface area contributed by atoms with E-state index in [0.717, 1.165) is 16.7 Å². The molecule has 1 fully saturated rings. The normalized spacial score (nSPS) is 19.2. The molecule has 1 N–H and O–H groups in total. The number of hydrogen-bond donors (Lipinski definition) is 1. The van der Waals surface area contributed by atoms with Crippen molar-refractivity contribution in [1.82, 2.24) is 0 Å². The molecule has 2 aromatic carbocycles. The highest BCUT2D eigenvalue weighted by Crippen LogP contribution is 2.37. The van der Waals surface area contributed by atoms with Gasteiger partial charge in [-0.2, -0.15) is 0 Å². The average molecular weight is 427 g/mol. The highest BCUT2D eigenvalue weighted by molar-refractivity contribution is 6.62. The number of hydrogen-bond acceptors (Lipinski definition) is 3. The lowest BCUT2D eigenvalue weighted by atomic mass is 9.79. The molecule has 1 aliphatic rings. The minimum Gasteiger partial charge on any atom is -0.399 e. The lowest BCUT2D eigenvalue weighted by Gasteiger charge is -2.32. The van der Waals surface area contributed by atoms with Crippen molar-refractivity contribution in [3.05, 3.63) is 57.0 Å². The van der Waals surface area contributed by atoms with Crippen LogP contribution in [0.1, 0.15) is 46.2 Å². The molecule has 1 atom stereocenters. The van der Waals surface area contributed by atoms with E-state index in [0.29, 0.717) is 15.1 Å². The second-order valence-corrected chi connectivity index (χ2v) is 9.11. The van der Waals surface area contributed by atoms with Crippen molar-refractivity contribution in [3.63, 3.8) is 0 Å². The summed E-state index contributed by atoms with van der Waals surface area (Å²) in [6.45, 7) is 10.2. The van der Waals surface area contributed by atoms with E-state index in [4.69, 9.17) is 44.1 Å². The minimum absolute atomic E-state index is 0.0548. The van der Waals surface area contributed by atoms with Crippen LogP contribution in [0.2, 0.25) is 15.1 Å². The Kier molecular flexibility index (Phi) is 5.78. The van der Waals surface area contributed by atoms with Crippen molar-refractivity contribution in [1.29, 1.82) is 0 Å². The Balaban J connectivity index is 1.84. The summed E-state index contributed by atoms with van der Waals surface area (Å²) in [5.74, 6) is 0. The fourth-order valence-electron chi connectivity index (χ4n) is 2.94. The molecule has 0 bridgehead atoms. The summed E-state index contributed by atoms with van der Waals surface area (Å²) < 4.78 is 12.3. The lowest BCUT2D eigenvalue weighted by molar-refractivity contribution is 0.00578. The largest absolute Gasteiger partial charge is 0.494 e. The van der Waals surface area contributed by atoms with Crippen LogP contribution in [0.15, 0.2) is 36.4 Å². The molecule has 3 rings (SSSR count). The fraction of sp³-hybridized carbons (Fsp3) is 0.400. The van der Waals surface area contributed by atoms with E-state index in [1.807, 2.05) is 65.0 Å². The predicted octanol–water partition coefficient (Wildman–Crippen LogP) is 6.12. The van der Waals surface area contributed by atoms with Gasteiger partial charge >= 0.3 is 7.12 Å². The molecule has 0 aliphatic carbocycles. The Morgan fingerprint density at radius 2 is 1.52 bits per heavy atom. The predicted molar refractivity (Wildman–Crippen MR) is 116 cm³/mol. The van der Waals surface area contributed by atoms with Gasteiger partial charge in [-0.05, 0) is 69.9 Å². The van der Waals surface area contributed by atoms with E-state index < -0.39 is 18.3 Å². The van der Waals surface area contributed by atoms with Crippen LogP contribution in [0.25, 0.3) is 0 Å². The molecular weight excluding hydrogens is 403 g/mol. The van der Waals surface area contributed by atoms with E-state index in [1.165, 1.54) is 0 Å². The summed E-state index contributed by atoms with van der Waals surface area (Å²) in [6, 6.07) is 11.2. The van der Waals surface area contributed by atoms with Crippen LogP contribution in [0, 0.1) is 0 Å². The van der Waals surface area contributed by atoms with E-state index >= 15 is 0 Å². The highest BCUT2D eigenvalue weighted by Gasteiger charge is 2.51. The van der Waals surface area contributed by atoms with Crippen LogP contribution < -0.4 is 10.8 Å². The Bertz CT molecular complexity index is 841. The molecule has 144 valence electrons. The van der Waals surface area contributed by atoms with Gasteiger partial charge in [-0.15, -0.1) is 0 Å². The van der Waals surface area contributed by atoms with Gasteiger partial charge in [0.25, 0.3) is 0 Å². The number of benzene rings is 2. The van der Waals surface area contributed by atoms with Gasteiger partial charge in [0.2, 0.25) is 0 Å². The summed E-state index contributed by atoms with van der Waals surface area (Å²) in [6.07, 6.45) is 0. The summed E-state index contributed by atoms with van der Waals surface area (Å²) in [5, 5.41) is 5.26. The van der Waals surface area contributed by atoms with Crippen LogP contribution in [-0.4, -0.2) is 18.3 Å². The van der Waals surface area contributed by atoms with Gasteiger partial charge < -0.3 is 14.6 Å². The smallest absolute Gasteiger partial charge is 0.399 e. The molecule has 0 radical (unpaired) electrons. The average Bonchev–Trinajstić information content (AvgIpc) is 2.77. The van der Waals surface area contributed by atoms with Crippen molar-refractivity contribution in [2.24, 2.45) is 0 Å². The zero-order valence-electron chi connectivity index (χ0n) is 16.1. The molecule has 0 amide bonds. The molecule has 1 aliphatic heterocycles. The molecule has 3 nitrogen and oxygen atoms in total. The van der Waals surface area contributed by atoms with Crippen LogP contribution in [0.5, 0.6) is 0 Å². The van der Waals surface area contributed by atoms with Gasteiger partial charge in [-0.3, -0.25) is 0 Å². The van der Waals surface area contributed by atoms with Crippen LogP contribution in [-0.2, 0) is 9.31 Å². The zero-order valence-corrected chi connectivity index (χ0v) is 18.3. The first-order chi connectivity index (χ1) is 12.5. The van der Waals surface area contributed by atoms with Crippen LogP contribution >= 0.6 is 34.8 Å². The molecule has 2 aromatic rings. The topological polar surface area (TPSA) is 30.5 Å². The minimum atomic E-state index is -0.442. The zero-order chi connectivity index (χ0) is 20.0. The summed E-state index contributed by atoms with van der Waals surface area (Å²) in [4.78, 5) is 0. The third-order valence-corrected chi connectivity index (χ3v) is 6.21. The van der Waals surface area contributed by atoms with Crippen molar-refractivity contribution in [3.8, 4) is 0 Å². The first kappa shape index (κ1) is 20.8. The maximum absolute atomic E-state index is 6.41. The van der Waals surface area contributed by atoms with Crippen LogP contribution in [0.4, 0.5) is 5.69 Å². The molecule has 1 saturated heterocycles. The third-order valence-electron chi connectivity index (χ3n) is 5.32. The molecule has 7 heteroatoms. The Morgan fingerprint density at radius 1 is 0.889 bits per heavy atom. The quantitative estimate of drug-likeness (QED) is 0.598. The molecule has 1 heterocycles. The van der Waals surface area contributed by atoms with Gasteiger partial charge in [0, 0.05) is 10.0 Å². The van der Waals surface area contributed by atoms with Gasteiger partial charge in [0.15, 0.2) is 0 Å². The maximum atomic E-state index is 6.41. The van der Waals surface area contributed by atoms with Crippen molar-refractivity contribution >= 4 is 53.1 Å². The first-order valence-electron chi connectivity index (χ1n) is 8.87. The second-order valence-electron chi connectivity index (χ2n) is 7.86. The molecular formula is C20H23BCl3NO2. The third kappa shape index (κ3) is 4.25. The maximum Gasteiger partial charge on any atom is 0.494 e. The first-order valence-corrected chi connectivity index (χ1v) is 10.00. The molecule has 0 unspecified atom stereocenters. The molecule has 0 spiro atoms.